The molecule has 20 heavy (non-hydrogen) atoms. The van der Waals surface area contributed by atoms with Crippen molar-refractivity contribution in [2.45, 2.75) is 13.0 Å². The lowest BCUT2D eigenvalue weighted by Crippen LogP contribution is -2.22. The molecule has 4 rings (SSSR count). The van der Waals surface area contributed by atoms with Crippen LogP contribution in [-0.2, 0) is 0 Å². The van der Waals surface area contributed by atoms with Crippen LogP contribution in [0.5, 0.6) is 5.75 Å². The second-order valence-corrected chi connectivity index (χ2v) is 5.97. The highest BCUT2D eigenvalue weighted by atomic mass is 35.5. The first-order valence-corrected chi connectivity index (χ1v) is 7.25. The Balaban J connectivity index is 2.03. The lowest BCUT2D eigenvalue weighted by molar-refractivity contribution is 0.238. The molecule has 0 bridgehead atoms. The average Bonchev–Trinajstić information content (AvgIpc) is 2.80. The third-order valence-electron chi connectivity index (χ3n) is 3.87. The van der Waals surface area contributed by atoms with Crippen molar-refractivity contribution in [1.82, 2.24) is 4.98 Å². The van der Waals surface area contributed by atoms with E-state index in [1.165, 1.54) is 0 Å². The molecule has 1 aliphatic heterocycles. The number of ether oxygens (including phenoxy) is 1. The Hall–Kier alpha value is -1.51. The van der Waals surface area contributed by atoms with Crippen LogP contribution >= 0.6 is 23.2 Å². The van der Waals surface area contributed by atoms with Crippen LogP contribution in [0.15, 0.2) is 36.4 Å². The van der Waals surface area contributed by atoms with Gasteiger partial charge in [0, 0.05) is 27.3 Å². The number of nitrogens with zero attached hydrogens (tertiary/aromatic N) is 1. The molecule has 1 aromatic carbocycles. The number of fused-ring (bicyclic) bond motifs is 5. The summed E-state index contributed by atoms with van der Waals surface area (Å²) in [6, 6.07) is 5.62. The highest BCUT2D eigenvalue weighted by molar-refractivity contribution is 6.36. The number of benzene rings is 1. The van der Waals surface area contributed by atoms with Crippen LogP contribution in [0.25, 0.3) is 16.3 Å². The maximum absolute atomic E-state index is 6.31. The topological polar surface area (TPSA) is 22.1 Å². The predicted octanol–water partition coefficient (Wildman–Crippen LogP) is 4.89. The van der Waals surface area contributed by atoms with Gasteiger partial charge in [-0.05, 0) is 18.2 Å². The van der Waals surface area contributed by atoms with E-state index in [0.29, 0.717) is 16.1 Å². The van der Waals surface area contributed by atoms with E-state index in [1.807, 2.05) is 18.2 Å². The number of allylic oxidation sites excluding steroid dienone is 2. The number of hydrogen-bond donors (Lipinski definition) is 0. The van der Waals surface area contributed by atoms with E-state index in [9.17, 15) is 0 Å². The van der Waals surface area contributed by atoms with Crippen LogP contribution < -0.4 is 4.74 Å². The second-order valence-electron chi connectivity index (χ2n) is 5.17. The summed E-state index contributed by atoms with van der Waals surface area (Å²) in [5.74, 6) is 1.14. The van der Waals surface area contributed by atoms with Gasteiger partial charge < -0.3 is 4.74 Å². The molecule has 0 saturated heterocycles. The number of pyridine rings is 1. The monoisotopic (exact) mass is 303 g/mol. The number of halogens is 2. The second kappa shape index (κ2) is 4.24. The van der Waals surface area contributed by atoms with Crippen LogP contribution in [-0.4, -0.2) is 11.1 Å². The van der Waals surface area contributed by atoms with Gasteiger partial charge in [0.05, 0.1) is 0 Å². The van der Waals surface area contributed by atoms with Crippen molar-refractivity contribution in [3.8, 4) is 5.75 Å². The van der Waals surface area contributed by atoms with Crippen LogP contribution in [0.4, 0.5) is 0 Å². The summed E-state index contributed by atoms with van der Waals surface area (Å²) in [4.78, 5) is 4.52. The summed E-state index contributed by atoms with van der Waals surface area (Å²) >= 11 is 12.3. The third-order valence-corrected chi connectivity index (χ3v) is 4.39. The largest absolute Gasteiger partial charge is 0.482 e. The zero-order valence-electron chi connectivity index (χ0n) is 10.7. The molecule has 0 spiro atoms. The first-order chi connectivity index (χ1) is 9.65. The Morgan fingerprint density at radius 3 is 2.90 bits per heavy atom. The molecular weight excluding hydrogens is 293 g/mol. The Labute approximate surface area is 126 Å². The van der Waals surface area contributed by atoms with Crippen molar-refractivity contribution in [1.29, 1.82) is 0 Å². The van der Waals surface area contributed by atoms with E-state index >= 15 is 0 Å². The Morgan fingerprint density at radius 1 is 1.20 bits per heavy atom. The fraction of sp³-hybridized carbons (Fsp3) is 0.188. The molecule has 2 aliphatic rings. The summed E-state index contributed by atoms with van der Waals surface area (Å²) in [6.07, 6.45) is 6.28. The number of hydrogen-bond acceptors (Lipinski definition) is 2. The first kappa shape index (κ1) is 12.2. The van der Waals surface area contributed by atoms with Gasteiger partial charge in [0.25, 0.3) is 0 Å². The van der Waals surface area contributed by atoms with Gasteiger partial charge in [-0.1, -0.05) is 48.4 Å². The molecule has 0 saturated carbocycles. The van der Waals surface area contributed by atoms with E-state index < -0.39 is 0 Å². The normalized spacial score (nSPS) is 23.2. The zero-order chi connectivity index (χ0) is 13.9. The fourth-order valence-corrected chi connectivity index (χ4v) is 3.27. The lowest BCUT2D eigenvalue weighted by atomic mass is 9.92. The van der Waals surface area contributed by atoms with Crippen molar-refractivity contribution >= 4 is 39.5 Å². The molecule has 2 unspecified atom stereocenters. The highest BCUT2D eigenvalue weighted by Crippen LogP contribution is 2.46. The summed E-state index contributed by atoms with van der Waals surface area (Å²) < 4.78 is 6.15. The molecule has 1 aliphatic carbocycles. The molecule has 2 aromatic rings. The van der Waals surface area contributed by atoms with Gasteiger partial charge in [-0.2, -0.15) is 0 Å². The summed E-state index contributed by atoms with van der Waals surface area (Å²) in [5.41, 5.74) is 1.96. The van der Waals surface area contributed by atoms with Gasteiger partial charge in [0.15, 0.2) is 5.75 Å². The van der Waals surface area contributed by atoms with Crippen LogP contribution in [0.1, 0.15) is 12.6 Å². The van der Waals surface area contributed by atoms with E-state index in [1.54, 1.807) is 0 Å². The molecule has 1 aromatic heterocycles. The fourth-order valence-electron chi connectivity index (χ4n) is 2.86. The Morgan fingerprint density at radius 2 is 2.05 bits per heavy atom. The van der Waals surface area contributed by atoms with Gasteiger partial charge >= 0.3 is 0 Å². The number of rotatable bonds is 0. The third kappa shape index (κ3) is 1.62. The Bertz CT molecular complexity index is 795. The molecule has 4 heteroatoms. The lowest BCUT2D eigenvalue weighted by Gasteiger charge is -2.19. The minimum absolute atomic E-state index is 0.0276. The van der Waals surface area contributed by atoms with Gasteiger partial charge in [0.1, 0.15) is 17.0 Å². The van der Waals surface area contributed by atoms with Crippen LogP contribution in [0.2, 0.25) is 10.2 Å². The molecule has 2 nitrogen and oxygen atoms in total. The smallest absolute Gasteiger partial charge is 0.154 e. The van der Waals surface area contributed by atoms with Gasteiger partial charge in [-0.15, -0.1) is 0 Å². The van der Waals surface area contributed by atoms with Gasteiger partial charge in [-0.25, -0.2) is 4.98 Å². The molecular formula is C16H11Cl2NO. The first-order valence-electron chi connectivity index (χ1n) is 6.49. The van der Waals surface area contributed by atoms with Crippen molar-refractivity contribution < 1.29 is 4.74 Å². The van der Waals surface area contributed by atoms with E-state index in [4.69, 9.17) is 27.9 Å². The molecule has 2 atom stereocenters. The van der Waals surface area contributed by atoms with Crippen molar-refractivity contribution in [2.75, 3.05) is 0 Å². The maximum atomic E-state index is 6.31. The van der Waals surface area contributed by atoms with Gasteiger partial charge in [0.2, 0.25) is 0 Å². The van der Waals surface area contributed by atoms with E-state index in [-0.39, 0.29) is 6.10 Å². The maximum Gasteiger partial charge on any atom is 0.154 e. The molecule has 0 N–H and O–H groups in total. The average molecular weight is 304 g/mol. The predicted molar refractivity (Wildman–Crippen MR) is 82.5 cm³/mol. The summed E-state index contributed by atoms with van der Waals surface area (Å²) in [7, 11) is 0. The molecule has 0 amide bonds. The zero-order valence-corrected chi connectivity index (χ0v) is 12.2. The van der Waals surface area contributed by atoms with E-state index in [2.05, 4.69) is 30.1 Å². The molecule has 0 fully saturated rings. The van der Waals surface area contributed by atoms with Crippen molar-refractivity contribution in [3.63, 3.8) is 0 Å². The highest BCUT2D eigenvalue weighted by Gasteiger charge is 2.36. The quantitative estimate of drug-likeness (QED) is 0.646. The summed E-state index contributed by atoms with van der Waals surface area (Å²) in [5, 5.41) is 2.91. The van der Waals surface area contributed by atoms with Crippen molar-refractivity contribution in [2.24, 2.45) is 5.92 Å². The van der Waals surface area contributed by atoms with Crippen molar-refractivity contribution in [3.05, 3.63) is 52.3 Å². The van der Waals surface area contributed by atoms with Crippen LogP contribution in [0.3, 0.4) is 0 Å². The number of aromatic nitrogens is 1. The van der Waals surface area contributed by atoms with Gasteiger partial charge in [-0.3, -0.25) is 0 Å². The minimum Gasteiger partial charge on any atom is -0.482 e. The standard InChI is InChI=1S/C16H11Cl2NO/c1-8-3-2-4-11-13-15(20-14(8)11)10-6-5-9(17)7-12(10)16(18)19-13/h2-8,14H,1H3. The Kier molecular flexibility index (Phi) is 2.60. The van der Waals surface area contributed by atoms with E-state index in [0.717, 1.165) is 27.8 Å². The van der Waals surface area contributed by atoms with Crippen LogP contribution in [0, 0.1) is 5.92 Å². The molecule has 0 radical (unpaired) electrons. The molecule has 2 heterocycles. The summed E-state index contributed by atoms with van der Waals surface area (Å²) in [6.45, 7) is 2.14. The minimum atomic E-state index is 0.0276. The SMILES string of the molecule is CC1C=CC=C2c3nc(Cl)c4cc(Cl)ccc4c3OC21. The molecule has 100 valence electrons.